The van der Waals surface area contributed by atoms with Gasteiger partial charge in [-0.1, -0.05) is 18.0 Å². The van der Waals surface area contributed by atoms with E-state index in [1.807, 2.05) is 6.92 Å². The quantitative estimate of drug-likeness (QED) is 0.884. The molecule has 0 radical (unpaired) electrons. The van der Waals surface area contributed by atoms with Crippen molar-refractivity contribution in [1.82, 2.24) is 19.6 Å². The summed E-state index contributed by atoms with van der Waals surface area (Å²) in [5.41, 5.74) is 0.938. The largest absolute Gasteiger partial charge is 0.369 e. The molecule has 4 rings (SSSR count). The van der Waals surface area contributed by atoms with Crippen molar-refractivity contribution in [2.24, 2.45) is 17.8 Å². The third-order valence-corrected chi connectivity index (χ3v) is 5.39. The molecule has 106 valence electrons. The fourth-order valence-corrected chi connectivity index (χ4v) is 4.12. The van der Waals surface area contributed by atoms with Gasteiger partial charge in [0.2, 0.25) is 0 Å². The van der Waals surface area contributed by atoms with Crippen LogP contribution in [-0.4, -0.2) is 26.1 Å². The van der Waals surface area contributed by atoms with Gasteiger partial charge in [-0.15, -0.1) is 0 Å². The molecule has 2 aromatic heterocycles. The molecule has 0 aromatic carbocycles. The summed E-state index contributed by atoms with van der Waals surface area (Å²) in [6.07, 6.45) is 7.17. The van der Waals surface area contributed by atoms with Crippen molar-refractivity contribution in [2.75, 3.05) is 11.9 Å². The third kappa shape index (κ3) is 1.87. The minimum Gasteiger partial charge on any atom is -0.369 e. The summed E-state index contributed by atoms with van der Waals surface area (Å²) in [5, 5.41) is 8.28. The SMILES string of the molecule is Cc1c(Cl)nc2ncnn2c1NCC1CC2CCC1C2. The molecule has 5 nitrogen and oxygen atoms in total. The predicted molar refractivity (Wildman–Crippen MR) is 78.0 cm³/mol. The summed E-state index contributed by atoms with van der Waals surface area (Å²) in [4.78, 5) is 8.34. The van der Waals surface area contributed by atoms with Crippen LogP contribution in [0.4, 0.5) is 5.82 Å². The summed E-state index contributed by atoms with van der Waals surface area (Å²) in [5.74, 6) is 4.16. The Bertz CT molecular complexity index is 652. The molecule has 1 N–H and O–H groups in total. The normalized spacial score (nSPS) is 28.4. The van der Waals surface area contributed by atoms with Crippen molar-refractivity contribution >= 4 is 23.2 Å². The third-order valence-electron chi connectivity index (χ3n) is 5.02. The maximum Gasteiger partial charge on any atom is 0.255 e. The summed E-state index contributed by atoms with van der Waals surface area (Å²) in [6.45, 7) is 2.97. The van der Waals surface area contributed by atoms with Crippen molar-refractivity contribution in [1.29, 1.82) is 0 Å². The number of nitrogens with one attached hydrogen (secondary N) is 1. The van der Waals surface area contributed by atoms with Gasteiger partial charge in [-0.05, 0) is 43.9 Å². The Hall–Kier alpha value is -1.36. The molecule has 3 unspecified atom stereocenters. The molecule has 2 bridgehead atoms. The lowest BCUT2D eigenvalue weighted by atomic mass is 9.89. The van der Waals surface area contributed by atoms with Crippen molar-refractivity contribution in [2.45, 2.75) is 32.6 Å². The van der Waals surface area contributed by atoms with Gasteiger partial charge >= 0.3 is 0 Å². The first-order chi connectivity index (χ1) is 9.72. The van der Waals surface area contributed by atoms with Crippen molar-refractivity contribution in [3.8, 4) is 0 Å². The molecular formula is C14H18ClN5. The van der Waals surface area contributed by atoms with Crippen molar-refractivity contribution in [3.63, 3.8) is 0 Å². The van der Waals surface area contributed by atoms with Crippen LogP contribution in [0, 0.1) is 24.7 Å². The summed E-state index contributed by atoms with van der Waals surface area (Å²) in [6, 6.07) is 0. The zero-order chi connectivity index (χ0) is 13.7. The summed E-state index contributed by atoms with van der Waals surface area (Å²) < 4.78 is 1.74. The zero-order valence-corrected chi connectivity index (χ0v) is 12.3. The summed E-state index contributed by atoms with van der Waals surface area (Å²) >= 11 is 6.18. The molecule has 2 aliphatic rings. The lowest BCUT2D eigenvalue weighted by Gasteiger charge is -2.23. The monoisotopic (exact) mass is 291 g/mol. The second kappa shape index (κ2) is 4.58. The van der Waals surface area contributed by atoms with Crippen molar-refractivity contribution < 1.29 is 0 Å². The molecule has 2 heterocycles. The lowest BCUT2D eigenvalue weighted by Crippen LogP contribution is -2.22. The minimum absolute atomic E-state index is 0.501. The van der Waals surface area contributed by atoms with E-state index in [0.29, 0.717) is 10.9 Å². The number of hydrogen-bond donors (Lipinski definition) is 1. The van der Waals surface area contributed by atoms with Gasteiger partial charge in [0.15, 0.2) is 0 Å². The maximum atomic E-state index is 6.18. The van der Waals surface area contributed by atoms with Crippen LogP contribution < -0.4 is 5.32 Å². The van der Waals surface area contributed by atoms with Crippen LogP contribution in [0.2, 0.25) is 5.15 Å². The fraction of sp³-hybridized carbons (Fsp3) is 0.643. The van der Waals surface area contributed by atoms with E-state index in [2.05, 4.69) is 20.4 Å². The van der Waals surface area contributed by atoms with E-state index in [1.54, 1.807) is 4.52 Å². The minimum atomic E-state index is 0.501. The first-order valence-electron chi connectivity index (χ1n) is 7.32. The van der Waals surface area contributed by atoms with Crippen LogP contribution in [0.25, 0.3) is 5.78 Å². The number of halogens is 1. The highest BCUT2D eigenvalue weighted by Gasteiger charge is 2.39. The van der Waals surface area contributed by atoms with Gasteiger partial charge in [0.25, 0.3) is 5.78 Å². The van der Waals surface area contributed by atoms with E-state index in [1.165, 1.54) is 32.0 Å². The standard InChI is InChI=1S/C14H18ClN5/c1-8-12(15)19-14-17-7-18-20(14)13(8)16-6-11-5-9-2-3-10(11)4-9/h7,9-11,16H,2-6H2,1H3. The predicted octanol–water partition coefficient (Wildman–Crippen LogP) is 2.93. The van der Waals surface area contributed by atoms with E-state index < -0.39 is 0 Å². The highest BCUT2D eigenvalue weighted by atomic mass is 35.5. The van der Waals surface area contributed by atoms with Crippen LogP contribution in [-0.2, 0) is 0 Å². The first kappa shape index (κ1) is 12.4. The van der Waals surface area contributed by atoms with E-state index in [-0.39, 0.29) is 0 Å². The van der Waals surface area contributed by atoms with Crippen LogP contribution in [0.3, 0.4) is 0 Å². The molecule has 2 aliphatic carbocycles. The van der Waals surface area contributed by atoms with Crippen LogP contribution in [0.15, 0.2) is 6.33 Å². The van der Waals surface area contributed by atoms with E-state index in [4.69, 9.17) is 11.6 Å². The highest BCUT2D eigenvalue weighted by molar-refractivity contribution is 6.30. The Labute approximate surface area is 122 Å². The molecule has 0 amide bonds. The fourth-order valence-electron chi connectivity index (χ4n) is 3.96. The van der Waals surface area contributed by atoms with Crippen LogP contribution >= 0.6 is 11.6 Å². The van der Waals surface area contributed by atoms with Crippen molar-refractivity contribution in [3.05, 3.63) is 17.0 Å². The van der Waals surface area contributed by atoms with E-state index in [0.717, 1.165) is 35.7 Å². The molecule has 2 fully saturated rings. The molecule has 20 heavy (non-hydrogen) atoms. The average Bonchev–Trinajstić information content (AvgIpc) is 3.14. The maximum absolute atomic E-state index is 6.18. The molecular weight excluding hydrogens is 274 g/mol. The number of rotatable bonds is 3. The Kier molecular flexibility index (Phi) is 2.84. The topological polar surface area (TPSA) is 55.1 Å². The molecule has 0 saturated heterocycles. The van der Waals surface area contributed by atoms with Gasteiger partial charge in [0.1, 0.15) is 17.3 Å². The number of anilines is 1. The van der Waals surface area contributed by atoms with E-state index >= 15 is 0 Å². The van der Waals surface area contributed by atoms with Gasteiger partial charge in [-0.3, -0.25) is 0 Å². The van der Waals surface area contributed by atoms with Crippen LogP contribution in [0.1, 0.15) is 31.2 Å². The number of hydrogen-bond acceptors (Lipinski definition) is 4. The molecule has 6 heteroatoms. The van der Waals surface area contributed by atoms with Gasteiger partial charge in [-0.25, -0.2) is 0 Å². The molecule has 0 aliphatic heterocycles. The number of aromatic nitrogens is 4. The molecule has 3 atom stereocenters. The average molecular weight is 292 g/mol. The lowest BCUT2D eigenvalue weighted by molar-refractivity contribution is 0.348. The molecule has 2 aromatic rings. The summed E-state index contributed by atoms with van der Waals surface area (Å²) in [7, 11) is 0. The van der Waals surface area contributed by atoms with E-state index in [9.17, 15) is 0 Å². The smallest absolute Gasteiger partial charge is 0.255 e. The molecule has 2 saturated carbocycles. The Balaban J connectivity index is 1.59. The Morgan fingerprint density at radius 3 is 3.05 bits per heavy atom. The molecule has 0 spiro atoms. The Morgan fingerprint density at radius 2 is 2.30 bits per heavy atom. The van der Waals surface area contributed by atoms with Gasteiger partial charge < -0.3 is 5.32 Å². The van der Waals surface area contributed by atoms with Crippen LogP contribution in [0.5, 0.6) is 0 Å². The first-order valence-corrected chi connectivity index (χ1v) is 7.70. The number of nitrogens with zero attached hydrogens (tertiary/aromatic N) is 4. The zero-order valence-electron chi connectivity index (χ0n) is 11.5. The highest BCUT2D eigenvalue weighted by Crippen LogP contribution is 2.48. The number of fused-ring (bicyclic) bond motifs is 3. The van der Waals surface area contributed by atoms with Gasteiger partial charge in [0, 0.05) is 12.1 Å². The second-order valence-corrected chi connectivity index (χ2v) is 6.52. The second-order valence-electron chi connectivity index (χ2n) is 6.16. The van der Waals surface area contributed by atoms with Gasteiger partial charge in [-0.2, -0.15) is 19.6 Å². The Morgan fingerprint density at radius 1 is 1.40 bits per heavy atom. The van der Waals surface area contributed by atoms with Gasteiger partial charge in [0.05, 0.1) is 0 Å².